The number of benzene rings is 1. The largest absolute Gasteiger partial charge is 0.396 e. The minimum atomic E-state index is -0.647. The molecule has 0 radical (unpaired) electrons. The number of ether oxygens (including phenoxy) is 2. The molecule has 1 aromatic carbocycles. The number of nitrogens with zero attached hydrogens (tertiary/aromatic N) is 3. The number of hydrogen-bond acceptors (Lipinski definition) is 9. The van der Waals surface area contributed by atoms with Crippen molar-refractivity contribution < 1.29 is 29.0 Å². The first-order valence-corrected chi connectivity index (χ1v) is 20.1. The van der Waals surface area contributed by atoms with E-state index in [1.165, 1.54) is 11.3 Å². The highest BCUT2D eigenvalue weighted by molar-refractivity contribution is 7.09. The summed E-state index contributed by atoms with van der Waals surface area (Å²) in [5, 5.41) is 18.5. The van der Waals surface area contributed by atoms with Gasteiger partial charge in [0.05, 0.1) is 6.04 Å². The fourth-order valence-corrected chi connectivity index (χ4v) is 7.88. The zero-order valence-corrected chi connectivity index (χ0v) is 33.6. The van der Waals surface area contributed by atoms with Crippen LogP contribution in [-0.2, 0) is 25.5 Å². The Morgan fingerprint density at radius 3 is 2.42 bits per heavy atom. The summed E-state index contributed by atoms with van der Waals surface area (Å²) in [6.07, 6.45) is 5.54. The molecular formula is C40H65N5O6S. The van der Waals surface area contributed by atoms with E-state index in [0.29, 0.717) is 36.5 Å². The Morgan fingerprint density at radius 2 is 1.81 bits per heavy atom. The Hall–Kier alpha value is -2.90. The number of rotatable bonds is 22. The predicted octanol–water partition coefficient (Wildman–Crippen LogP) is 5.83. The van der Waals surface area contributed by atoms with E-state index in [4.69, 9.17) is 14.5 Å². The molecule has 3 rings (SSSR count). The molecule has 2 heterocycles. The van der Waals surface area contributed by atoms with Crippen molar-refractivity contribution in [3.63, 3.8) is 0 Å². The van der Waals surface area contributed by atoms with Crippen molar-refractivity contribution in [1.82, 2.24) is 25.4 Å². The average Bonchev–Trinajstić information content (AvgIpc) is 3.63. The Morgan fingerprint density at radius 1 is 1.08 bits per heavy atom. The van der Waals surface area contributed by atoms with Gasteiger partial charge in [-0.15, -0.1) is 11.3 Å². The van der Waals surface area contributed by atoms with Crippen molar-refractivity contribution in [3.05, 3.63) is 52.0 Å². The monoisotopic (exact) mass is 743 g/mol. The molecule has 1 aliphatic heterocycles. The third-order valence-electron chi connectivity index (χ3n) is 10.3. The molecule has 11 nitrogen and oxygen atoms in total. The van der Waals surface area contributed by atoms with E-state index in [1.807, 2.05) is 56.1 Å². The number of carbonyl (C=O) groups is 3. The van der Waals surface area contributed by atoms with Gasteiger partial charge in [-0.05, 0) is 69.0 Å². The summed E-state index contributed by atoms with van der Waals surface area (Å²) in [6.45, 7) is 13.8. The average molecular weight is 744 g/mol. The Bertz CT molecular complexity index is 1360. The molecule has 0 bridgehead atoms. The second-order valence-electron chi connectivity index (χ2n) is 15.0. The smallest absolute Gasteiger partial charge is 0.270 e. The van der Waals surface area contributed by atoms with Gasteiger partial charge >= 0.3 is 0 Å². The van der Waals surface area contributed by atoms with Crippen LogP contribution >= 0.6 is 11.3 Å². The first-order valence-electron chi connectivity index (χ1n) is 19.3. The van der Waals surface area contributed by atoms with Gasteiger partial charge in [0.2, 0.25) is 11.8 Å². The predicted molar refractivity (Wildman–Crippen MR) is 207 cm³/mol. The number of aromatic nitrogens is 1. The molecule has 1 unspecified atom stereocenters. The molecule has 292 valence electrons. The van der Waals surface area contributed by atoms with E-state index in [9.17, 15) is 19.5 Å². The number of methoxy groups -OCH3 is 1. The first-order chi connectivity index (χ1) is 24.9. The van der Waals surface area contributed by atoms with Crippen LogP contribution in [0, 0.1) is 17.8 Å². The minimum absolute atomic E-state index is 0.0235. The molecule has 12 heteroatoms. The van der Waals surface area contributed by atoms with Crippen molar-refractivity contribution in [1.29, 1.82) is 0 Å². The van der Waals surface area contributed by atoms with Crippen molar-refractivity contribution in [2.75, 3.05) is 40.6 Å². The number of likely N-dealkylation sites (N-methyl/N-ethyl adjacent to an activating group) is 1. The van der Waals surface area contributed by atoms with E-state index in [1.54, 1.807) is 12.5 Å². The maximum absolute atomic E-state index is 14.6. The molecule has 0 saturated carbocycles. The normalized spacial score (nSPS) is 18.6. The Kier molecular flexibility index (Phi) is 18.7. The lowest BCUT2D eigenvalue weighted by molar-refractivity contribution is -0.144. The van der Waals surface area contributed by atoms with Crippen LogP contribution in [0.25, 0.3) is 0 Å². The summed E-state index contributed by atoms with van der Waals surface area (Å²) in [5.74, 6) is -0.396. The molecule has 3 amide bonds. The molecule has 0 spiro atoms. The van der Waals surface area contributed by atoms with Crippen molar-refractivity contribution in [3.8, 4) is 0 Å². The number of aliphatic hydroxyl groups is 1. The number of piperidine rings is 1. The van der Waals surface area contributed by atoms with E-state index in [-0.39, 0.29) is 67.0 Å². The third kappa shape index (κ3) is 12.9. The molecule has 1 fully saturated rings. The van der Waals surface area contributed by atoms with Gasteiger partial charge in [0.25, 0.3) is 5.91 Å². The lowest BCUT2D eigenvalue weighted by Crippen LogP contribution is -2.58. The van der Waals surface area contributed by atoms with Crippen LogP contribution in [0.2, 0.25) is 0 Å². The third-order valence-corrected chi connectivity index (χ3v) is 11.2. The molecular weight excluding hydrogens is 679 g/mol. The first kappa shape index (κ1) is 43.5. The maximum atomic E-state index is 14.6. The lowest BCUT2D eigenvalue weighted by atomic mass is 9.92. The number of nitrogens with one attached hydrogen (secondary N) is 2. The van der Waals surface area contributed by atoms with E-state index < -0.39 is 12.1 Å². The van der Waals surface area contributed by atoms with Gasteiger partial charge < -0.3 is 30.1 Å². The van der Waals surface area contributed by atoms with Gasteiger partial charge in [-0.2, -0.15) is 0 Å². The number of likely N-dealkylation sites (tertiary alicyclic amines) is 1. The SMILES string of the molecule is CCCN(C(=O)C(NC(=O)[C@H]1CCCCN1C)[C@@H](C)CC)[C@@H](C[C@@H](OCOC)c1nc(C(=O)N[C@@H](Cc2ccccc2)C[C@H](C)CO)cs1)C(C)C. The van der Waals surface area contributed by atoms with Crippen LogP contribution < -0.4 is 10.6 Å². The van der Waals surface area contributed by atoms with E-state index in [2.05, 4.69) is 43.2 Å². The lowest BCUT2D eigenvalue weighted by Gasteiger charge is -2.40. The number of aliphatic hydroxyl groups excluding tert-OH is 1. The van der Waals surface area contributed by atoms with Gasteiger partial charge in [-0.3, -0.25) is 19.3 Å². The van der Waals surface area contributed by atoms with Crippen LogP contribution in [0.3, 0.4) is 0 Å². The molecule has 52 heavy (non-hydrogen) atoms. The van der Waals surface area contributed by atoms with Crippen LogP contribution in [0.5, 0.6) is 0 Å². The fourth-order valence-electron chi connectivity index (χ4n) is 7.02. The standard InChI is InChI=1S/C40H65N5O6S/c1-9-19-45(40(49)36(29(6)10-2)43-38(48)33-18-14-15-20-44(33)7)34(27(3)4)23-35(51-26-50-8)39-42-32(25-52-39)37(47)41-31(21-28(5)24-46)22-30-16-12-11-13-17-30/h11-13,16-17,25,27-29,31,33-36,46H,9-10,14-15,18-24,26H2,1-8H3,(H,41,47)(H,43,48)/t28-,29-,31+,33+,34-,35+,36?/m0/s1. The summed E-state index contributed by atoms with van der Waals surface area (Å²) in [5.41, 5.74) is 1.41. The highest BCUT2D eigenvalue weighted by Crippen LogP contribution is 2.32. The fraction of sp³-hybridized carbons (Fsp3) is 0.700. The van der Waals surface area contributed by atoms with Crippen molar-refractivity contribution >= 4 is 29.1 Å². The van der Waals surface area contributed by atoms with E-state index in [0.717, 1.165) is 44.2 Å². The summed E-state index contributed by atoms with van der Waals surface area (Å²) in [6, 6.07) is 8.70. The highest BCUT2D eigenvalue weighted by atomic mass is 32.1. The zero-order valence-electron chi connectivity index (χ0n) is 32.8. The Balaban J connectivity index is 1.85. The van der Waals surface area contributed by atoms with Gasteiger partial charge in [0.15, 0.2) is 0 Å². The number of hydrogen-bond donors (Lipinski definition) is 3. The van der Waals surface area contributed by atoms with E-state index >= 15 is 0 Å². The summed E-state index contributed by atoms with van der Waals surface area (Å²) < 4.78 is 11.5. The molecule has 2 aromatic rings. The quantitative estimate of drug-likeness (QED) is 0.128. The summed E-state index contributed by atoms with van der Waals surface area (Å²) in [7, 11) is 3.55. The zero-order chi connectivity index (χ0) is 38.2. The van der Waals surface area contributed by atoms with Crippen molar-refractivity contribution in [2.45, 2.75) is 123 Å². The molecule has 1 aromatic heterocycles. The molecule has 1 aliphatic rings. The van der Waals surface area contributed by atoms with Gasteiger partial charge in [0, 0.05) is 44.1 Å². The second-order valence-corrected chi connectivity index (χ2v) is 15.8. The van der Waals surface area contributed by atoms with Crippen LogP contribution in [0.1, 0.15) is 114 Å². The van der Waals surface area contributed by atoms with Gasteiger partial charge in [-0.25, -0.2) is 4.98 Å². The summed E-state index contributed by atoms with van der Waals surface area (Å²) >= 11 is 1.35. The maximum Gasteiger partial charge on any atom is 0.270 e. The molecule has 1 saturated heterocycles. The van der Waals surface area contributed by atoms with Crippen LogP contribution in [0.15, 0.2) is 35.7 Å². The number of thiazole rings is 1. The highest BCUT2D eigenvalue weighted by Gasteiger charge is 2.38. The van der Waals surface area contributed by atoms with Crippen LogP contribution in [-0.4, -0.2) is 102 Å². The topological polar surface area (TPSA) is 133 Å². The number of amides is 3. The Labute approximate surface area is 316 Å². The second kappa shape index (κ2) is 22.3. The minimum Gasteiger partial charge on any atom is -0.396 e. The van der Waals surface area contributed by atoms with Gasteiger partial charge in [0.1, 0.15) is 29.6 Å². The molecule has 3 N–H and O–H groups in total. The summed E-state index contributed by atoms with van der Waals surface area (Å²) in [4.78, 5) is 50.6. The molecule has 0 aliphatic carbocycles. The van der Waals surface area contributed by atoms with Gasteiger partial charge in [-0.1, -0.05) is 84.7 Å². The van der Waals surface area contributed by atoms with Crippen molar-refractivity contribution in [2.24, 2.45) is 17.8 Å². The van der Waals surface area contributed by atoms with Crippen LogP contribution in [0.4, 0.5) is 0 Å². The number of carbonyl (C=O) groups excluding carboxylic acids is 3. The molecule has 7 atom stereocenters.